The second kappa shape index (κ2) is 7.04. The molecule has 1 amide bonds. The molecule has 140 valence electrons. The molecule has 0 aliphatic heterocycles. The summed E-state index contributed by atoms with van der Waals surface area (Å²) in [6.45, 7) is -0.0181. The largest absolute Gasteiger partial charge is 0.392 e. The predicted octanol–water partition coefficient (Wildman–Crippen LogP) is 3.21. The third kappa shape index (κ3) is 3.06. The second-order valence-electron chi connectivity index (χ2n) is 7.20. The first kappa shape index (κ1) is 17.5. The molecule has 1 aromatic heterocycles. The molecule has 1 heterocycles. The minimum absolute atomic E-state index is 0.0181. The van der Waals surface area contributed by atoms with Gasteiger partial charge in [-0.1, -0.05) is 37.5 Å². The number of nitrogens with two attached hydrogens (primary N) is 2. The fraction of sp³-hybridized carbons (Fsp3) is 0.333. The number of aliphatic hydroxyl groups excluding tert-OH is 1. The third-order valence-electron chi connectivity index (χ3n) is 5.50. The van der Waals surface area contributed by atoms with Crippen molar-refractivity contribution in [1.82, 2.24) is 4.57 Å². The Bertz CT molecular complexity index is 1040. The lowest BCUT2D eigenvalue weighted by atomic mass is 9.95. The molecule has 2 aromatic carbocycles. The van der Waals surface area contributed by atoms with Crippen molar-refractivity contribution >= 4 is 33.7 Å². The van der Waals surface area contributed by atoms with Gasteiger partial charge >= 0.3 is 0 Å². The van der Waals surface area contributed by atoms with Crippen molar-refractivity contribution in [1.29, 1.82) is 0 Å². The number of nitrogens with zero attached hydrogens (tertiary/aromatic N) is 2. The number of hydrogen-bond acceptors (Lipinski definition) is 2. The van der Waals surface area contributed by atoms with E-state index in [0.717, 1.165) is 40.2 Å². The smallest absolute Gasteiger partial charge is 0.280 e. The van der Waals surface area contributed by atoms with Crippen LogP contribution >= 0.6 is 0 Å². The average molecular weight is 364 g/mol. The van der Waals surface area contributed by atoms with Crippen molar-refractivity contribution in [2.75, 3.05) is 0 Å². The topological polar surface area (TPSA) is 107 Å². The maximum Gasteiger partial charge on any atom is 0.280 e. The molecule has 0 bridgehead atoms. The molecule has 1 aliphatic carbocycles. The quantitative estimate of drug-likeness (QED) is 0.490. The van der Waals surface area contributed by atoms with Crippen molar-refractivity contribution in [3.63, 3.8) is 0 Å². The summed E-state index contributed by atoms with van der Waals surface area (Å²) in [6, 6.07) is 12.0. The van der Waals surface area contributed by atoms with E-state index in [2.05, 4.69) is 15.6 Å². The molecule has 1 aliphatic rings. The number of aromatic nitrogens is 1. The molecule has 6 nitrogen and oxygen atoms in total. The van der Waals surface area contributed by atoms with E-state index in [-0.39, 0.29) is 12.6 Å². The minimum atomic E-state index is -0.445. The third-order valence-corrected chi connectivity index (χ3v) is 5.50. The SMILES string of the molecule is NC(N)=NC(=O)c1ccc2c3c(CO)cccc3n(C3CCCCC3)c2c1. The van der Waals surface area contributed by atoms with Crippen LogP contribution in [-0.4, -0.2) is 21.5 Å². The predicted molar refractivity (Wildman–Crippen MR) is 108 cm³/mol. The highest BCUT2D eigenvalue weighted by Crippen LogP contribution is 2.39. The molecule has 6 heteroatoms. The van der Waals surface area contributed by atoms with Crippen molar-refractivity contribution in [2.24, 2.45) is 16.5 Å². The van der Waals surface area contributed by atoms with Gasteiger partial charge in [0.2, 0.25) is 0 Å². The molecule has 27 heavy (non-hydrogen) atoms. The number of rotatable bonds is 3. The van der Waals surface area contributed by atoms with Gasteiger partial charge in [-0.05, 0) is 36.6 Å². The Morgan fingerprint density at radius 2 is 1.89 bits per heavy atom. The van der Waals surface area contributed by atoms with Gasteiger partial charge in [0, 0.05) is 27.9 Å². The number of carbonyl (C=O) groups is 1. The van der Waals surface area contributed by atoms with Gasteiger partial charge in [0.05, 0.1) is 12.1 Å². The highest BCUT2D eigenvalue weighted by atomic mass is 16.3. The monoisotopic (exact) mass is 364 g/mol. The van der Waals surface area contributed by atoms with E-state index < -0.39 is 5.91 Å². The van der Waals surface area contributed by atoms with Crippen LogP contribution in [0.4, 0.5) is 0 Å². The van der Waals surface area contributed by atoms with Gasteiger partial charge in [0.15, 0.2) is 5.96 Å². The van der Waals surface area contributed by atoms with E-state index >= 15 is 0 Å². The maximum absolute atomic E-state index is 12.3. The van der Waals surface area contributed by atoms with Crippen molar-refractivity contribution in [2.45, 2.75) is 44.8 Å². The van der Waals surface area contributed by atoms with Gasteiger partial charge in [0.25, 0.3) is 5.91 Å². The molecule has 4 rings (SSSR count). The molecule has 1 saturated carbocycles. The van der Waals surface area contributed by atoms with Crippen LogP contribution in [0.2, 0.25) is 0 Å². The number of amides is 1. The second-order valence-corrected chi connectivity index (χ2v) is 7.20. The number of aliphatic hydroxyl groups is 1. The fourth-order valence-electron chi connectivity index (χ4n) is 4.35. The van der Waals surface area contributed by atoms with Crippen LogP contribution < -0.4 is 11.5 Å². The summed E-state index contributed by atoms with van der Waals surface area (Å²) in [6.07, 6.45) is 5.92. The van der Waals surface area contributed by atoms with Gasteiger partial charge in [0.1, 0.15) is 0 Å². The number of carbonyl (C=O) groups excluding carboxylic acids is 1. The average Bonchev–Trinajstić information content (AvgIpc) is 3.01. The molecule has 0 unspecified atom stereocenters. The van der Waals surface area contributed by atoms with Crippen LogP contribution in [0.15, 0.2) is 41.4 Å². The van der Waals surface area contributed by atoms with Crippen LogP contribution in [-0.2, 0) is 6.61 Å². The van der Waals surface area contributed by atoms with Crippen molar-refractivity contribution < 1.29 is 9.90 Å². The van der Waals surface area contributed by atoms with Crippen LogP contribution in [0.5, 0.6) is 0 Å². The van der Waals surface area contributed by atoms with E-state index in [9.17, 15) is 9.90 Å². The molecule has 0 saturated heterocycles. The van der Waals surface area contributed by atoms with E-state index in [1.807, 2.05) is 24.3 Å². The van der Waals surface area contributed by atoms with Gasteiger partial charge in [-0.2, -0.15) is 4.99 Å². The lowest BCUT2D eigenvalue weighted by Gasteiger charge is -2.25. The molecule has 0 spiro atoms. The zero-order chi connectivity index (χ0) is 19.0. The van der Waals surface area contributed by atoms with E-state index in [1.165, 1.54) is 19.3 Å². The summed E-state index contributed by atoms with van der Waals surface area (Å²) in [5.74, 6) is -0.685. The summed E-state index contributed by atoms with van der Waals surface area (Å²) in [5, 5.41) is 11.9. The highest BCUT2D eigenvalue weighted by molar-refractivity contribution is 6.12. The van der Waals surface area contributed by atoms with E-state index in [1.54, 1.807) is 6.07 Å². The normalized spacial score (nSPS) is 15.3. The molecule has 0 radical (unpaired) electrons. The van der Waals surface area contributed by atoms with Gasteiger partial charge < -0.3 is 21.1 Å². The van der Waals surface area contributed by atoms with Gasteiger partial charge in [-0.25, -0.2) is 0 Å². The number of guanidine groups is 1. The molecular formula is C21H24N4O2. The van der Waals surface area contributed by atoms with Gasteiger partial charge in [-0.15, -0.1) is 0 Å². The van der Waals surface area contributed by atoms with Crippen LogP contribution in [0.3, 0.4) is 0 Å². The summed E-state index contributed by atoms with van der Waals surface area (Å²) in [7, 11) is 0. The lowest BCUT2D eigenvalue weighted by molar-refractivity contribution is 0.100. The molecule has 0 atom stereocenters. The minimum Gasteiger partial charge on any atom is -0.392 e. The van der Waals surface area contributed by atoms with Crippen LogP contribution in [0.25, 0.3) is 21.8 Å². The highest BCUT2D eigenvalue weighted by Gasteiger charge is 2.22. The van der Waals surface area contributed by atoms with Crippen molar-refractivity contribution in [3.8, 4) is 0 Å². The summed E-state index contributed by atoms with van der Waals surface area (Å²) < 4.78 is 2.34. The summed E-state index contributed by atoms with van der Waals surface area (Å²) in [5.41, 5.74) is 14.2. The zero-order valence-corrected chi connectivity index (χ0v) is 15.2. The maximum atomic E-state index is 12.3. The first-order valence-electron chi connectivity index (χ1n) is 9.40. The van der Waals surface area contributed by atoms with Crippen LogP contribution in [0.1, 0.15) is 54.1 Å². The molecule has 3 aromatic rings. The Morgan fingerprint density at radius 1 is 1.11 bits per heavy atom. The zero-order valence-electron chi connectivity index (χ0n) is 15.2. The summed E-state index contributed by atoms with van der Waals surface area (Å²) >= 11 is 0. The Kier molecular flexibility index (Phi) is 4.58. The standard InChI is InChI=1S/C21H24N4O2/c22-21(23)24-20(27)13-9-10-16-18(11-13)25(15-6-2-1-3-7-15)17-8-4-5-14(12-26)19(16)17/h4-5,8-11,15,26H,1-3,6-7,12H2,(H4,22,23,24,27). The van der Waals surface area contributed by atoms with Crippen molar-refractivity contribution in [3.05, 3.63) is 47.5 Å². The molecular weight excluding hydrogens is 340 g/mol. The van der Waals surface area contributed by atoms with Crippen LogP contribution in [0, 0.1) is 0 Å². The Morgan fingerprint density at radius 3 is 2.59 bits per heavy atom. The first-order valence-corrected chi connectivity index (χ1v) is 9.40. The number of aliphatic imine (C=N–C) groups is 1. The lowest BCUT2D eigenvalue weighted by Crippen LogP contribution is -2.24. The summed E-state index contributed by atoms with van der Waals surface area (Å²) in [4.78, 5) is 16.0. The first-order chi connectivity index (χ1) is 13.1. The van der Waals surface area contributed by atoms with Gasteiger partial charge in [-0.3, -0.25) is 4.79 Å². The fourth-order valence-corrected chi connectivity index (χ4v) is 4.35. The Labute approximate surface area is 157 Å². The Hall–Kier alpha value is -2.86. The molecule has 5 N–H and O–H groups in total. The van der Waals surface area contributed by atoms with E-state index in [4.69, 9.17) is 11.5 Å². The van der Waals surface area contributed by atoms with E-state index in [0.29, 0.717) is 11.6 Å². The number of benzene rings is 2. The number of hydrogen-bond donors (Lipinski definition) is 3. The Balaban J connectivity index is 2.00. The number of fused-ring (bicyclic) bond motifs is 3. The molecule has 1 fully saturated rings.